The predicted octanol–water partition coefficient (Wildman–Crippen LogP) is -0.350. The Labute approximate surface area is 109 Å². The van der Waals surface area contributed by atoms with Gasteiger partial charge in [0.05, 0.1) is 12.5 Å². The summed E-state index contributed by atoms with van der Waals surface area (Å²) in [4.78, 5) is 24.0. The number of rotatable bonds is 3. The minimum atomic E-state index is -0.632. The molecule has 0 spiro atoms. The second-order valence-electron chi connectivity index (χ2n) is 4.37. The molecule has 0 bridgehead atoms. The molecule has 0 saturated carbocycles. The van der Waals surface area contributed by atoms with Crippen molar-refractivity contribution in [2.75, 3.05) is 7.05 Å². The molecule has 1 saturated heterocycles. The third-order valence-corrected chi connectivity index (χ3v) is 3.13. The van der Waals surface area contributed by atoms with Crippen LogP contribution in [0.2, 0.25) is 0 Å². The first-order valence-corrected chi connectivity index (χ1v) is 5.68. The van der Waals surface area contributed by atoms with Crippen LogP contribution < -0.4 is 5.32 Å². The number of nitrogens with zero attached hydrogens (tertiary/aromatic N) is 1. The number of phenols is 3. The average molecular weight is 266 g/mol. The van der Waals surface area contributed by atoms with E-state index in [1.54, 1.807) is 0 Å². The molecule has 4 N–H and O–H groups in total. The SMILES string of the molecule is CN1C(=O)CC(NCc2ccc(O)c(O)c2O)C1=O. The van der Waals surface area contributed by atoms with E-state index in [1.165, 1.54) is 19.2 Å². The van der Waals surface area contributed by atoms with Crippen LogP contribution in [0.25, 0.3) is 0 Å². The van der Waals surface area contributed by atoms with Crippen LogP contribution >= 0.6 is 0 Å². The Morgan fingerprint density at radius 2 is 1.95 bits per heavy atom. The number of hydrogen-bond acceptors (Lipinski definition) is 6. The number of imide groups is 1. The Morgan fingerprint density at radius 1 is 1.26 bits per heavy atom. The molecule has 7 heteroatoms. The van der Waals surface area contributed by atoms with Crippen LogP contribution in [0.3, 0.4) is 0 Å². The molecule has 7 nitrogen and oxygen atoms in total. The van der Waals surface area contributed by atoms with Crippen molar-refractivity contribution < 1.29 is 24.9 Å². The fourth-order valence-electron chi connectivity index (χ4n) is 1.90. The van der Waals surface area contributed by atoms with Crippen LogP contribution in [0, 0.1) is 0 Å². The summed E-state index contributed by atoms with van der Waals surface area (Å²) >= 11 is 0. The third kappa shape index (κ3) is 2.32. The number of phenolic OH excluding ortho intramolecular Hbond substituents is 3. The summed E-state index contributed by atoms with van der Waals surface area (Å²) in [5.41, 5.74) is 0.324. The Balaban J connectivity index is 2.06. The fourth-order valence-corrected chi connectivity index (χ4v) is 1.90. The maximum Gasteiger partial charge on any atom is 0.246 e. The van der Waals surface area contributed by atoms with Crippen LogP contribution in [0.5, 0.6) is 17.2 Å². The first-order valence-electron chi connectivity index (χ1n) is 5.68. The summed E-state index contributed by atoms with van der Waals surface area (Å²) in [5.74, 6) is -2.07. The van der Waals surface area contributed by atoms with Gasteiger partial charge in [0.25, 0.3) is 0 Å². The normalized spacial score (nSPS) is 19.2. The molecule has 0 radical (unpaired) electrons. The van der Waals surface area contributed by atoms with Crippen LogP contribution in [0.1, 0.15) is 12.0 Å². The number of nitrogens with one attached hydrogen (secondary N) is 1. The second-order valence-corrected chi connectivity index (χ2v) is 4.37. The molecule has 19 heavy (non-hydrogen) atoms. The van der Waals surface area contributed by atoms with E-state index in [0.29, 0.717) is 5.56 Å². The number of aromatic hydroxyl groups is 3. The summed E-state index contributed by atoms with van der Waals surface area (Å²) in [6.45, 7) is 0.0944. The van der Waals surface area contributed by atoms with E-state index in [1.807, 2.05) is 0 Å². The van der Waals surface area contributed by atoms with Gasteiger partial charge in [0.1, 0.15) is 0 Å². The molecular weight excluding hydrogens is 252 g/mol. The van der Waals surface area contributed by atoms with E-state index < -0.39 is 23.3 Å². The van der Waals surface area contributed by atoms with Gasteiger partial charge in [0.15, 0.2) is 11.5 Å². The minimum absolute atomic E-state index is 0.0696. The summed E-state index contributed by atoms with van der Waals surface area (Å²) in [6.07, 6.45) is 0.0696. The highest BCUT2D eigenvalue weighted by Gasteiger charge is 2.35. The van der Waals surface area contributed by atoms with Gasteiger partial charge in [-0.1, -0.05) is 6.07 Å². The maximum absolute atomic E-state index is 11.6. The summed E-state index contributed by atoms with van der Waals surface area (Å²) in [5, 5.41) is 31.0. The zero-order valence-corrected chi connectivity index (χ0v) is 10.3. The lowest BCUT2D eigenvalue weighted by atomic mass is 10.1. The largest absolute Gasteiger partial charge is 0.504 e. The molecule has 1 aromatic rings. The van der Waals surface area contributed by atoms with Crippen molar-refractivity contribution in [1.82, 2.24) is 10.2 Å². The topological polar surface area (TPSA) is 110 Å². The van der Waals surface area contributed by atoms with Crippen LogP contribution in [-0.2, 0) is 16.1 Å². The lowest BCUT2D eigenvalue weighted by molar-refractivity contribution is -0.137. The monoisotopic (exact) mass is 266 g/mol. The smallest absolute Gasteiger partial charge is 0.246 e. The standard InChI is InChI=1S/C12H14N2O5/c1-14-9(16)4-7(12(14)19)13-5-6-2-3-8(15)11(18)10(6)17/h2-3,7,13,15,17-18H,4-5H2,1H3. The minimum Gasteiger partial charge on any atom is -0.504 e. The second kappa shape index (κ2) is 4.77. The molecule has 1 aliphatic rings. The van der Waals surface area contributed by atoms with Crippen molar-refractivity contribution in [3.05, 3.63) is 17.7 Å². The van der Waals surface area contributed by atoms with E-state index in [0.717, 1.165) is 4.90 Å². The van der Waals surface area contributed by atoms with Crippen LogP contribution in [0.4, 0.5) is 0 Å². The Kier molecular flexibility index (Phi) is 3.30. The molecule has 102 valence electrons. The van der Waals surface area contributed by atoms with Crippen LogP contribution in [-0.4, -0.2) is 45.1 Å². The Morgan fingerprint density at radius 3 is 2.53 bits per heavy atom. The van der Waals surface area contributed by atoms with Crippen molar-refractivity contribution in [3.8, 4) is 17.2 Å². The number of hydrogen-bond donors (Lipinski definition) is 4. The highest BCUT2D eigenvalue weighted by Crippen LogP contribution is 2.36. The first-order chi connectivity index (χ1) is 8.91. The number of carbonyl (C=O) groups is 2. The van der Waals surface area contributed by atoms with Gasteiger partial charge in [-0.2, -0.15) is 0 Å². The Hall–Kier alpha value is -2.28. The zero-order chi connectivity index (χ0) is 14.2. The fraction of sp³-hybridized carbons (Fsp3) is 0.333. The summed E-state index contributed by atoms with van der Waals surface area (Å²) in [7, 11) is 1.41. The molecule has 0 aliphatic carbocycles. The maximum atomic E-state index is 11.6. The van der Waals surface area contributed by atoms with E-state index in [2.05, 4.69) is 5.32 Å². The lowest BCUT2D eigenvalue weighted by Gasteiger charge is -2.12. The van der Waals surface area contributed by atoms with E-state index in [-0.39, 0.29) is 24.8 Å². The predicted molar refractivity (Wildman–Crippen MR) is 64.5 cm³/mol. The van der Waals surface area contributed by atoms with Gasteiger partial charge in [-0.3, -0.25) is 14.5 Å². The molecule has 0 aromatic heterocycles. The van der Waals surface area contributed by atoms with Gasteiger partial charge in [0, 0.05) is 19.2 Å². The molecular formula is C12H14N2O5. The molecule has 2 amide bonds. The van der Waals surface area contributed by atoms with E-state index in [4.69, 9.17) is 0 Å². The number of carbonyl (C=O) groups excluding carboxylic acids is 2. The molecule has 1 heterocycles. The van der Waals surface area contributed by atoms with Gasteiger partial charge in [-0.15, -0.1) is 0 Å². The van der Waals surface area contributed by atoms with Gasteiger partial charge in [0.2, 0.25) is 17.6 Å². The van der Waals surface area contributed by atoms with Gasteiger partial charge < -0.3 is 20.6 Å². The van der Waals surface area contributed by atoms with Crippen molar-refractivity contribution in [1.29, 1.82) is 0 Å². The van der Waals surface area contributed by atoms with Crippen molar-refractivity contribution in [2.24, 2.45) is 0 Å². The van der Waals surface area contributed by atoms with Gasteiger partial charge >= 0.3 is 0 Å². The highest BCUT2D eigenvalue weighted by atomic mass is 16.3. The Bertz CT molecular complexity index is 543. The molecule has 1 aliphatic heterocycles. The summed E-state index contributed by atoms with van der Waals surface area (Å²) < 4.78 is 0. The van der Waals surface area contributed by atoms with Crippen molar-refractivity contribution in [2.45, 2.75) is 19.0 Å². The number of likely N-dealkylation sites (tertiary alicyclic amines) is 1. The highest BCUT2D eigenvalue weighted by molar-refractivity contribution is 6.05. The number of likely N-dealkylation sites (N-methyl/N-ethyl adjacent to an activating group) is 1. The number of amides is 2. The van der Waals surface area contributed by atoms with Gasteiger partial charge in [-0.25, -0.2) is 0 Å². The summed E-state index contributed by atoms with van der Waals surface area (Å²) in [6, 6.07) is 2.02. The zero-order valence-electron chi connectivity index (χ0n) is 10.3. The molecule has 1 fully saturated rings. The van der Waals surface area contributed by atoms with Crippen molar-refractivity contribution >= 4 is 11.8 Å². The van der Waals surface area contributed by atoms with Gasteiger partial charge in [-0.05, 0) is 6.07 Å². The third-order valence-electron chi connectivity index (χ3n) is 3.13. The molecule has 1 atom stereocenters. The molecule has 1 aromatic carbocycles. The lowest BCUT2D eigenvalue weighted by Crippen LogP contribution is -2.36. The molecule has 2 rings (SSSR count). The first kappa shape index (κ1) is 13.2. The van der Waals surface area contributed by atoms with E-state index in [9.17, 15) is 24.9 Å². The average Bonchev–Trinajstić information content (AvgIpc) is 2.63. The molecule has 1 unspecified atom stereocenters. The van der Waals surface area contributed by atoms with Crippen LogP contribution in [0.15, 0.2) is 12.1 Å². The number of benzene rings is 1. The van der Waals surface area contributed by atoms with Crippen molar-refractivity contribution in [3.63, 3.8) is 0 Å². The van der Waals surface area contributed by atoms with E-state index >= 15 is 0 Å². The quantitative estimate of drug-likeness (QED) is 0.440.